The van der Waals surface area contributed by atoms with Crippen molar-refractivity contribution in [1.29, 1.82) is 0 Å². The second-order valence-electron chi connectivity index (χ2n) is 6.61. The first-order valence-corrected chi connectivity index (χ1v) is 9.79. The first kappa shape index (κ1) is 19.9. The summed E-state index contributed by atoms with van der Waals surface area (Å²) >= 11 is 0. The topological polar surface area (TPSA) is 12.9 Å². The average Bonchev–Trinajstić information content (AvgIpc) is 2.75. The van der Waals surface area contributed by atoms with Crippen molar-refractivity contribution in [2.45, 2.75) is 52.9 Å². The Kier molecular flexibility index (Phi) is 7.15. The van der Waals surface area contributed by atoms with Gasteiger partial charge in [-0.05, 0) is 53.1 Å². The van der Waals surface area contributed by atoms with Gasteiger partial charge in [0.05, 0.1) is 5.69 Å². The zero-order valence-corrected chi connectivity index (χ0v) is 16.8. The highest BCUT2D eigenvalue weighted by Gasteiger charge is 2.26. The number of aromatic nitrogens is 1. The predicted molar refractivity (Wildman–Crippen MR) is 114 cm³/mol. The summed E-state index contributed by atoms with van der Waals surface area (Å²) in [7, 11) is 0. The van der Waals surface area contributed by atoms with Crippen LogP contribution in [0.1, 0.15) is 53.0 Å². The van der Waals surface area contributed by atoms with Crippen LogP contribution in [0.2, 0.25) is 0 Å². The SMILES string of the molecule is CC.CCC(C)(CC)c1ccc(-c2ccccc2)cc1-c1ccccn1. The molecule has 0 fully saturated rings. The summed E-state index contributed by atoms with van der Waals surface area (Å²) in [6.45, 7) is 10.9. The lowest BCUT2D eigenvalue weighted by Crippen LogP contribution is -2.20. The molecule has 1 aromatic heterocycles. The van der Waals surface area contributed by atoms with Gasteiger partial charge in [0.2, 0.25) is 0 Å². The zero-order valence-electron chi connectivity index (χ0n) is 16.8. The third kappa shape index (κ3) is 4.22. The van der Waals surface area contributed by atoms with Crippen LogP contribution in [-0.2, 0) is 5.41 Å². The molecule has 26 heavy (non-hydrogen) atoms. The number of pyridine rings is 1. The lowest BCUT2D eigenvalue weighted by Gasteiger charge is -2.30. The first-order chi connectivity index (χ1) is 12.7. The van der Waals surface area contributed by atoms with Gasteiger partial charge in [-0.2, -0.15) is 0 Å². The second kappa shape index (κ2) is 9.33. The fourth-order valence-electron chi connectivity index (χ4n) is 3.25. The van der Waals surface area contributed by atoms with Crippen molar-refractivity contribution >= 4 is 0 Å². The Balaban J connectivity index is 0.00000117. The molecule has 1 heterocycles. The largest absolute Gasteiger partial charge is 0.256 e. The van der Waals surface area contributed by atoms with Gasteiger partial charge in [-0.15, -0.1) is 0 Å². The van der Waals surface area contributed by atoms with Crippen LogP contribution in [0.25, 0.3) is 22.4 Å². The van der Waals surface area contributed by atoms with Gasteiger partial charge in [0.25, 0.3) is 0 Å². The molecule has 0 saturated carbocycles. The summed E-state index contributed by atoms with van der Waals surface area (Å²) in [5, 5.41) is 0. The van der Waals surface area contributed by atoms with Crippen molar-refractivity contribution < 1.29 is 0 Å². The van der Waals surface area contributed by atoms with E-state index in [1.54, 1.807) is 0 Å². The molecule has 0 bridgehead atoms. The molecule has 2 aromatic carbocycles. The minimum absolute atomic E-state index is 0.169. The van der Waals surface area contributed by atoms with E-state index in [-0.39, 0.29) is 5.41 Å². The van der Waals surface area contributed by atoms with E-state index >= 15 is 0 Å². The minimum atomic E-state index is 0.169. The van der Waals surface area contributed by atoms with Crippen molar-refractivity contribution in [1.82, 2.24) is 4.98 Å². The van der Waals surface area contributed by atoms with Crippen LogP contribution in [0.3, 0.4) is 0 Å². The molecule has 1 nitrogen and oxygen atoms in total. The van der Waals surface area contributed by atoms with Gasteiger partial charge >= 0.3 is 0 Å². The van der Waals surface area contributed by atoms with E-state index in [2.05, 4.69) is 86.4 Å². The summed E-state index contributed by atoms with van der Waals surface area (Å²) in [6, 6.07) is 23.6. The zero-order chi connectivity index (χ0) is 19.0. The number of nitrogens with zero attached hydrogens (tertiary/aromatic N) is 1. The third-order valence-electron chi connectivity index (χ3n) is 5.28. The number of benzene rings is 2. The highest BCUT2D eigenvalue weighted by Crippen LogP contribution is 2.39. The van der Waals surface area contributed by atoms with Crippen LogP contribution in [0.4, 0.5) is 0 Å². The molecule has 0 saturated heterocycles. The molecule has 0 aliphatic rings. The van der Waals surface area contributed by atoms with Crippen LogP contribution in [0.15, 0.2) is 72.9 Å². The Morgan fingerprint density at radius 2 is 1.42 bits per heavy atom. The number of hydrogen-bond acceptors (Lipinski definition) is 1. The van der Waals surface area contributed by atoms with Gasteiger partial charge in [-0.1, -0.05) is 83.1 Å². The molecular weight excluding hydrogens is 314 g/mol. The van der Waals surface area contributed by atoms with Crippen molar-refractivity contribution in [3.63, 3.8) is 0 Å². The normalized spacial score (nSPS) is 10.8. The van der Waals surface area contributed by atoms with Crippen molar-refractivity contribution in [3.05, 3.63) is 78.5 Å². The molecule has 136 valence electrons. The lowest BCUT2D eigenvalue weighted by atomic mass is 9.74. The van der Waals surface area contributed by atoms with E-state index < -0.39 is 0 Å². The summed E-state index contributed by atoms with van der Waals surface area (Å²) in [5.41, 5.74) is 6.36. The second-order valence-corrected chi connectivity index (χ2v) is 6.61. The van der Waals surface area contributed by atoms with Gasteiger partial charge in [0.1, 0.15) is 0 Å². The lowest BCUT2D eigenvalue weighted by molar-refractivity contribution is 0.440. The molecule has 0 N–H and O–H groups in total. The maximum absolute atomic E-state index is 4.63. The molecule has 0 unspecified atom stereocenters. The minimum Gasteiger partial charge on any atom is -0.256 e. The molecule has 3 aromatic rings. The van der Waals surface area contributed by atoms with Crippen molar-refractivity contribution in [2.75, 3.05) is 0 Å². The molecule has 0 aliphatic heterocycles. The Morgan fingerprint density at radius 1 is 0.769 bits per heavy atom. The monoisotopic (exact) mass is 345 g/mol. The van der Waals surface area contributed by atoms with E-state index in [1.807, 2.05) is 26.1 Å². The summed E-state index contributed by atoms with van der Waals surface area (Å²) in [6.07, 6.45) is 4.12. The van der Waals surface area contributed by atoms with E-state index in [9.17, 15) is 0 Å². The standard InChI is InChI=1S/C23H25N.C2H6/c1-4-23(3,5-2)21-15-14-19(18-11-7-6-8-12-18)17-20(21)22-13-9-10-16-24-22;1-2/h6-17H,4-5H2,1-3H3;1-2H3. The van der Waals surface area contributed by atoms with Crippen LogP contribution < -0.4 is 0 Å². The third-order valence-corrected chi connectivity index (χ3v) is 5.28. The first-order valence-electron chi connectivity index (χ1n) is 9.79. The maximum Gasteiger partial charge on any atom is 0.0705 e. The van der Waals surface area contributed by atoms with Crippen LogP contribution in [0, 0.1) is 0 Å². The van der Waals surface area contributed by atoms with Gasteiger partial charge in [0.15, 0.2) is 0 Å². The Morgan fingerprint density at radius 3 is 2.00 bits per heavy atom. The Labute approximate surface area is 159 Å². The summed E-state index contributed by atoms with van der Waals surface area (Å²) < 4.78 is 0. The van der Waals surface area contributed by atoms with E-state index in [1.165, 1.54) is 22.3 Å². The molecular formula is C25H31N. The summed E-state index contributed by atoms with van der Waals surface area (Å²) in [4.78, 5) is 4.63. The van der Waals surface area contributed by atoms with Crippen LogP contribution in [0.5, 0.6) is 0 Å². The smallest absolute Gasteiger partial charge is 0.0705 e. The van der Waals surface area contributed by atoms with Crippen molar-refractivity contribution in [3.8, 4) is 22.4 Å². The van der Waals surface area contributed by atoms with Crippen molar-refractivity contribution in [2.24, 2.45) is 0 Å². The molecule has 0 aliphatic carbocycles. The Hall–Kier alpha value is -2.41. The quantitative estimate of drug-likeness (QED) is 0.466. The fourth-order valence-corrected chi connectivity index (χ4v) is 3.25. The van der Waals surface area contributed by atoms with Gasteiger partial charge in [-0.3, -0.25) is 4.98 Å². The fraction of sp³-hybridized carbons (Fsp3) is 0.320. The highest BCUT2D eigenvalue weighted by atomic mass is 14.7. The molecule has 0 atom stereocenters. The molecule has 0 spiro atoms. The average molecular weight is 346 g/mol. The summed E-state index contributed by atoms with van der Waals surface area (Å²) in [5.74, 6) is 0. The van der Waals surface area contributed by atoms with Gasteiger partial charge in [0, 0.05) is 11.8 Å². The maximum atomic E-state index is 4.63. The molecule has 3 rings (SSSR count). The van der Waals surface area contributed by atoms with Crippen LogP contribution >= 0.6 is 0 Å². The van der Waals surface area contributed by atoms with E-state index in [0.29, 0.717) is 0 Å². The number of rotatable bonds is 5. The van der Waals surface area contributed by atoms with Gasteiger partial charge < -0.3 is 0 Å². The molecule has 0 amide bonds. The molecule has 0 radical (unpaired) electrons. The van der Waals surface area contributed by atoms with E-state index in [4.69, 9.17) is 0 Å². The number of hydrogen-bond donors (Lipinski definition) is 0. The highest BCUT2D eigenvalue weighted by molar-refractivity contribution is 5.74. The molecule has 1 heteroatoms. The predicted octanol–water partition coefficient (Wildman–Crippen LogP) is 7.52. The van der Waals surface area contributed by atoms with E-state index in [0.717, 1.165) is 18.5 Å². The van der Waals surface area contributed by atoms with Gasteiger partial charge in [-0.25, -0.2) is 0 Å². The Bertz CT molecular complexity index is 787. The van der Waals surface area contributed by atoms with Crippen LogP contribution in [-0.4, -0.2) is 4.98 Å².